The van der Waals surface area contributed by atoms with E-state index in [1.165, 1.54) is 5.48 Å². The fourth-order valence-corrected chi connectivity index (χ4v) is 3.21. The van der Waals surface area contributed by atoms with Gasteiger partial charge in [-0.05, 0) is 36.4 Å². The predicted octanol–water partition coefficient (Wildman–Crippen LogP) is 2.63. The van der Waals surface area contributed by atoms with Crippen molar-refractivity contribution in [3.8, 4) is 17.0 Å². The SMILES string of the molecule is COc1ccc(-c2nc(C(=O)NCC(=O)NO)cc3c2[nH]c2ccccc23)cc1. The quantitative estimate of drug-likeness (QED) is 0.309. The number of amides is 2. The summed E-state index contributed by atoms with van der Waals surface area (Å²) >= 11 is 0. The van der Waals surface area contributed by atoms with Crippen molar-refractivity contribution in [2.24, 2.45) is 0 Å². The van der Waals surface area contributed by atoms with Crippen molar-refractivity contribution in [2.75, 3.05) is 13.7 Å². The van der Waals surface area contributed by atoms with E-state index in [4.69, 9.17) is 9.94 Å². The fourth-order valence-electron chi connectivity index (χ4n) is 3.21. The predicted molar refractivity (Wildman–Crippen MR) is 108 cm³/mol. The molecule has 29 heavy (non-hydrogen) atoms. The molecule has 8 heteroatoms. The highest BCUT2D eigenvalue weighted by atomic mass is 16.5. The minimum absolute atomic E-state index is 0.166. The molecule has 4 aromatic rings. The van der Waals surface area contributed by atoms with E-state index in [9.17, 15) is 9.59 Å². The zero-order chi connectivity index (χ0) is 20.4. The Kier molecular flexibility index (Phi) is 4.84. The summed E-state index contributed by atoms with van der Waals surface area (Å²) in [6.45, 7) is -0.360. The third-order valence-corrected chi connectivity index (χ3v) is 4.63. The number of benzene rings is 2. The Morgan fingerprint density at radius 1 is 1.10 bits per heavy atom. The Labute approximate surface area is 165 Å². The summed E-state index contributed by atoms with van der Waals surface area (Å²) < 4.78 is 5.22. The molecule has 8 nitrogen and oxygen atoms in total. The van der Waals surface area contributed by atoms with Gasteiger partial charge in [-0.2, -0.15) is 0 Å². The van der Waals surface area contributed by atoms with E-state index in [2.05, 4.69) is 15.3 Å². The number of methoxy groups -OCH3 is 1. The molecule has 2 heterocycles. The summed E-state index contributed by atoms with van der Waals surface area (Å²) in [4.78, 5) is 31.7. The van der Waals surface area contributed by atoms with Gasteiger partial charge >= 0.3 is 0 Å². The molecular formula is C21H18N4O4. The standard InChI is InChI=1S/C21H18N4O4/c1-29-13-8-6-12(7-9-13)19-20-15(14-4-2-3-5-16(14)23-20)10-17(24-19)21(27)22-11-18(26)25-28/h2-10,23,28H,11H2,1H3,(H,22,27)(H,25,26). The van der Waals surface area contributed by atoms with Crippen LogP contribution in [0, 0.1) is 0 Å². The average molecular weight is 390 g/mol. The number of nitrogens with zero attached hydrogens (tertiary/aromatic N) is 1. The third-order valence-electron chi connectivity index (χ3n) is 4.63. The van der Waals surface area contributed by atoms with Crippen molar-refractivity contribution in [2.45, 2.75) is 0 Å². The lowest BCUT2D eigenvalue weighted by Gasteiger charge is -2.09. The van der Waals surface area contributed by atoms with Crippen LogP contribution in [0.1, 0.15) is 10.5 Å². The van der Waals surface area contributed by atoms with Gasteiger partial charge in [-0.1, -0.05) is 18.2 Å². The van der Waals surface area contributed by atoms with E-state index in [1.54, 1.807) is 13.2 Å². The molecule has 2 aromatic carbocycles. The molecule has 4 rings (SSSR count). The average Bonchev–Trinajstić information content (AvgIpc) is 3.15. The first kappa shape index (κ1) is 18.5. The summed E-state index contributed by atoms with van der Waals surface area (Å²) in [7, 11) is 1.59. The smallest absolute Gasteiger partial charge is 0.270 e. The van der Waals surface area contributed by atoms with Crippen LogP contribution in [0.2, 0.25) is 0 Å². The molecule has 0 unspecified atom stereocenters. The molecule has 0 saturated heterocycles. The number of H-pyrrole nitrogens is 1. The van der Waals surface area contributed by atoms with Gasteiger partial charge in [-0.25, -0.2) is 10.5 Å². The number of rotatable bonds is 5. The first-order chi connectivity index (χ1) is 14.1. The van der Waals surface area contributed by atoms with Crippen LogP contribution >= 0.6 is 0 Å². The second-order valence-electron chi connectivity index (χ2n) is 6.40. The van der Waals surface area contributed by atoms with Gasteiger partial charge in [0.25, 0.3) is 11.8 Å². The van der Waals surface area contributed by atoms with Crippen LogP contribution in [0.3, 0.4) is 0 Å². The van der Waals surface area contributed by atoms with Crippen LogP contribution < -0.4 is 15.5 Å². The van der Waals surface area contributed by atoms with Crippen LogP contribution in [0.4, 0.5) is 0 Å². The van der Waals surface area contributed by atoms with Gasteiger partial charge in [0, 0.05) is 21.9 Å². The number of hydroxylamine groups is 1. The van der Waals surface area contributed by atoms with E-state index >= 15 is 0 Å². The number of hydrogen-bond acceptors (Lipinski definition) is 5. The molecule has 0 fully saturated rings. The zero-order valence-corrected chi connectivity index (χ0v) is 15.5. The summed E-state index contributed by atoms with van der Waals surface area (Å²) in [5.41, 5.74) is 4.80. The molecule has 146 valence electrons. The molecule has 0 aliphatic heterocycles. The van der Waals surface area contributed by atoms with Gasteiger partial charge in [0.2, 0.25) is 0 Å². The van der Waals surface area contributed by atoms with Crippen molar-refractivity contribution in [3.05, 3.63) is 60.3 Å². The van der Waals surface area contributed by atoms with E-state index in [-0.39, 0.29) is 12.2 Å². The first-order valence-electron chi connectivity index (χ1n) is 8.87. The number of pyridine rings is 1. The lowest BCUT2D eigenvalue weighted by molar-refractivity contribution is -0.128. The minimum Gasteiger partial charge on any atom is -0.497 e. The number of fused-ring (bicyclic) bond motifs is 3. The maximum absolute atomic E-state index is 12.6. The topological polar surface area (TPSA) is 116 Å². The molecule has 4 N–H and O–H groups in total. The summed E-state index contributed by atoms with van der Waals surface area (Å²) in [6, 6.07) is 16.8. The van der Waals surface area contributed by atoms with Crippen LogP contribution in [0.5, 0.6) is 5.75 Å². The van der Waals surface area contributed by atoms with Gasteiger partial charge in [0.15, 0.2) is 0 Å². The molecule has 0 bridgehead atoms. The monoisotopic (exact) mass is 390 g/mol. The number of aromatic amines is 1. The molecule has 2 amide bonds. The molecule has 0 aliphatic rings. The number of para-hydroxylation sites is 1. The molecule has 0 aliphatic carbocycles. The van der Waals surface area contributed by atoms with Crippen molar-refractivity contribution in [1.82, 2.24) is 20.8 Å². The van der Waals surface area contributed by atoms with Gasteiger partial charge in [0.1, 0.15) is 11.4 Å². The van der Waals surface area contributed by atoms with E-state index in [1.807, 2.05) is 48.5 Å². The minimum atomic E-state index is -0.720. The van der Waals surface area contributed by atoms with Crippen molar-refractivity contribution in [1.29, 1.82) is 0 Å². The molecule has 2 aromatic heterocycles. The molecule has 0 spiro atoms. The first-order valence-corrected chi connectivity index (χ1v) is 8.87. The van der Waals surface area contributed by atoms with Crippen molar-refractivity contribution in [3.63, 3.8) is 0 Å². The summed E-state index contributed by atoms with van der Waals surface area (Å²) in [5.74, 6) is -0.525. The summed E-state index contributed by atoms with van der Waals surface area (Å²) in [6.07, 6.45) is 0. The second-order valence-corrected chi connectivity index (χ2v) is 6.40. The zero-order valence-electron chi connectivity index (χ0n) is 15.5. The Morgan fingerprint density at radius 2 is 1.86 bits per heavy atom. The third kappa shape index (κ3) is 3.48. The number of carbonyl (C=O) groups is 2. The van der Waals surface area contributed by atoms with Crippen molar-refractivity contribution >= 4 is 33.6 Å². The highest BCUT2D eigenvalue weighted by Crippen LogP contribution is 2.33. The van der Waals surface area contributed by atoms with Crippen LogP contribution in [0.15, 0.2) is 54.6 Å². The van der Waals surface area contributed by atoms with Crippen LogP contribution in [-0.2, 0) is 4.79 Å². The second kappa shape index (κ2) is 7.61. The van der Waals surface area contributed by atoms with E-state index in [0.29, 0.717) is 11.4 Å². The molecular weight excluding hydrogens is 372 g/mol. The van der Waals surface area contributed by atoms with Gasteiger partial charge < -0.3 is 15.0 Å². The van der Waals surface area contributed by atoms with E-state index in [0.717, 1.165) is 27.4 Å². The lowest BCUT2D eigenvalue weighted by Crippen LogP contribution is -2.35. The molecule has 0 saturated carbocycles. The van der Waals surface area contributed by atoms with Gasteiger partial charge in [-0.3, -0.25) is 14.8 Å². The maximum atomic E-state index is 12.6. The van der Waals surface area contributed by atoms with Gasteiger partial charge in [-0.15, -0.1) is 0 Å². The van der Waals surface area contributed by atoms with Gasteiger partial charge in [0.05, 0.1) is 24.9 Å². The Hall–Kier alpha value is -3.91. The Balaban J connectivity index is 1.87. The summed E-state index contributed by atoms with van der Waals surface area (Å²) in [5, 5.41) is 12.9. The number of carbonyl (C=O) groups excluding carboxylic acids is 2. The molecule has 0 radical (unpaired) electrons. The van der Waals surface area contributed by atoms with E-state index < -0.39 is 11.8 Å². The highest BCUT2D eigenvalue weighted by molar-refractivity contribution is 6.13. The van der Waals surface area contributed by atoms with Crippen LogP contribution in [-0.4, -0.2) is 40.6 Å². The number of ether oxygens (including phenoxy) is 1. The number of hydrogen-bond donors (Lipinski definition) is 4. The largest absolute Gasteiger partial charge is 0.497 e. The van der Waals surface area contributed by atoms with Crippen molar-refractivity contribution < 1.29 is 19.5 Å². The lowest BCUT2D eigenvalue weighted by atomic mass is 10.1. The highest BCUT2D eigenvalue weighted by Gasteiger charge is 2.17. The number of aromatic nitrogens is 2. The maximum Gasteiger partial charge on any atom is 0.270 e. The fraction of sp³-hybridized carbons (Fsp3) is 0.0952. The number of nitrogens with one attached hydrogen (secondary N) is 3. The van der Waals surface area contributed by atoms with Crippen LogP contribution in [0.25, 0.3) is 33.1 Å². The molecule has 0 atom stereocenters. The Morgan fingerprint density at radius 3 is 2.59 bits per heavy atom. The normalized spacial score (nSPS) is 10.8. The Bertz CT molecular complexity index is 1210.